The van der Waals surface area contributed by atoms with Crippen LogP contribution >= 0.6 is 0 Å². The quantitative estimate of drug-likeness (QED) is 0.774. The van der Waals surface area contributed by atoms with Crippen molar-refractivity contribution in [1.29, 1.82) is 0 Å². The first-order valence-electron chi connectivity index (χ1n) is 8.25. The summed E-state index contributed by atoms with van der Waals surface area (Å²) < 4.78 is 21.1. The van der Waals surface area contributed by atoms with Crippen LogP contribution < -0.4 is 24.3 Å². The van der Waals surface area contributed by atoms with E-state index < -0.39 is 0 Å². The smallest absolute Gasteiger partial charge is 0.244 e. The van der Waals surface area contributed by atoms with Crippen molar-refractivity contribution in [3.8, 4) is 23.0 Å². The summed E-state index contributed by atoms with van der Waals surface area (Å²) >= 11 is 0. The average molecular weight is 355 g/mol. The molecule has 6 heteroatoms. The van der Waals surface area contributed by atoms with E-state index >= 15 is 0 Å². The van der Waals surface area contributed by atoms with Crippen LogP contribution in [-0.2, 0) is 11.2 Å². The number of rotatable bonds is 7. The molecule has 0 spiro atoms. The number of fused-ring (bicyclic) bond motifs is 1. The van der Waals surface area contributed by atoms with E-state index in [2.05, 4.69) is 5.32 Å². The van der Waals surface area contributed by atoms with E-state index in [1.807, 2.05) is 30.3 Å². The highest BCUT2D eigenvalue weighted by Crippen LogP contribution is 2.32. The van der Waals surface area contributed by atoms with Crippen molar-refractivity contribution in [2.24, 2.45) is 0 Å². The van der Waals surface area contributed by atoms with Gasteiger partial charge in [-0.25, -0.2) is 0 Å². The van der Waals surface area contributed by atoms with E-state index in [-0.39, 0.29) is 12.7 Å². The zero-order chi connectivity index (χ0) is 18.4. The molecule has 0 atom stereocenters. The lowest BCUT2D eigenvalue weighted by atomic mass is 10.1. The van der Waals surface area contributed by atoms with Gasteiger partial charge in [0.15, 0.2) is 11.5 Å². The van der Waals surface area contributed by atoms with E-state index in [9.17, 15) is 4.79 Å². The summed E-state index contributed by atoms with van der Waals surface area (Å²) in [6, 6.07) is 11.2. The van der Waals surface area contributed by atoms with Crippen LogP contribution in [0.4, 0.5) is 0 Å². The van der Waals surface area contributed by atoms with E-state index in [0.29, 0.717) is 24.5 Å². The molecule has 6 nitrogen and oxygen atoms in total. The standard InChI is InChI=1S/C20H21NO5/c1-23-16-9-15(10-17(12-16)24-2)4-6-20(22)21-8-7-14-3-5-18-19(11-14)26-13-25-18/h3-6,9-12H,7-8,13H2,1-2H3,(H,21,22). The largest absolute Gasteiger partial charge is 0.497 e. The van der Waals surface area contributed by atoms with Gasteiger partial charge < -0.3 is 24.3 Å². The van der Waals surface area contributed by atoms with Crippen LogP contribution in [0, 0.1) is 0 Å². The van der Waals surface area contributed by atoms with Crippen molar-refractivity contribution in [3.05, 3.63) is 53.6 Å². The topological polar surface area (TPSA) is 66.0 Å². The number of ether oxygens (including phenoxy) is 4. The Bertz CT molecular complexity index is 794. The fourth-order valence-electron chi connectivity index (χ4n) is 2.58. The summed E-state index contributed by atoms with van der Waals surface area (Å²) in [5.74, 6) is 2.70. The molecule has 0 saturated carbocycles. The van der Waals surface area contributed by atoms with Gasteiger partial charge in [-0.3, -0.25) is 4.79 Å². The van der Waals surface area contributed by atoms with Gasteiger partial charge in [0, 0.05) is 18.7 Å². The van der Waals surface area contributed by atoms with Crippen molar-refractivity contribution in [2.75, 3.05) is 27.6 Å². The SMILES string of the molecule is COc1cc(C=CC(=O)NCCc2ccc3c(c2)OCO3)cc(OC)c1. The van der Waals surface area contributed by atoms with Gasteiger partial charge in [-0.1, -0.05) is 6.07 Å². The monoisotopic (exact) mass is 355 g/mol. The Labute approximate surface area is 152 Å². The molecule has 2 aromatic carbocycles. The summed E-state index contributed by atoms with van der Waals surface area (Å²) in [7, 11) is 3.18. The first-order chi connectivity index (χ1) is 12.7. The number of carbonyl (C=O) groups is 1. The summed E-state index contributed by atoms with van der Waals surface area (Å²) in [6.07, 6.45) is 3.93. The number of carbonyl (C=O) groups excluding carboxylic acids is 1. The molecule has 0 bridgehead atoms. The third kappa shape index (κ3) is 4.47. The molecule has 0 aliphatic carbocycles. The van der Waals surface area contributed by atoms with Crippen LogP contribution in [0.15, 0.2) is 42.5 Å². The highest BCUT2D eigenvalue weighted by molar-refractivity contribution is 5.91. The number of hydrogen-bond donors (Lipinski definition) is 1. The second-order valence-corrected chi connectivity index (χ2v) is 5.71. The lowest BCUT2D eigenvalue weighted by Gasteiger charge is -2.06. The summed E-state index contributed by atoms with van der Waals surface area (Å²) in [5, 5.41) is 2.87. The molecule has 1 aliphatic heterocycles. The molecule has 0 fully saturated rings. The Kier molecular flexibility index (Phi) is 5.63. The van der Waals surface area contributed by atoms with Crippen molar-refractivity contribution in [1.82, 2.24) is 5.32 Å². The van der Waals surface area contributed by atoms with Gasteiger partial charge in [-0.2, -0.15) is 0 Å². The number of nitrogens with one attached hydrogen (secondary N) is 1. The number of amides is 1. The molecular formula is C20H21NO5. The Hall–Kier alpha value is -3.15. The predicted molar refractivity (Wildman–Crippen MR) is 97.9 cm³/mol. The molecule has 1 aliphatic rings. The molecule has 0 unspecified atom stereocenters. The lowest BCUT2D eigenvalue weighted by molar-refractivity contribution is -0.116. The van der Waals surface area contributed by atoms with Crippen LogP contribution in [-0.4, -0.2) is 33.5 Å². The van der Waals surface area contributed by atoms with Crippen LogP contribution in [0.2, 0.25) is 0 Å². The van der Waals surface area contributed by atoms with Gasteiger partial charge >= 0.3 is 0 Å². The fraction of sp³-hybridized carbons (Fsp3) is 0.250. The average Bonchev–Trinajstić information content (AvgIpc) is 3.14. The van der Waals surface area contributed by atoms with Crippen molar-refractivity contribution < 1.29 is 23.7 Å². The van der Waals surface area contributed by atoms with Gasteiger partial charge in [0.2, 0.25) is 12.7 Å². The molecule has 1 N–H and O–H groups in total. The van der Waals surface area contributed by atoms with E-state index in [1.165, 1.54) is 6.08 Å². The van der Waals surface area contributed by atoms with Gasteiger partial charge in [-0.15, -0.1) is 0 Å². The van der Waals surface area contributed by atoms with E-state index in [0.717, 1.165) is 22.6 Å². The maximum absolute atomic E-state index is 12.0. The normalized spacial score (nSPS) is 12.2. The molecule has 3 rings (SSSR count). The molecular weight excluding hydrogens is 334 g/mol. The second kappa shape index (κ2) is 8.29. The third-order valence-electron chi connectivity index (χ3n) is 3.95. The minimum atomic E-state index is -0.160. The van der Waals surface area contributed by atoms with Crippen LogP contribution in [0.1, 0.15) is 11.1 Å². The Balaban J connectivity index is 1.52. The predicted octanol–water partition coefficient (Wildman–Crippen LogP) is 2.80. The molecule has 2 aromatic rings. The van der Waals surface area contributed by atoms with E-state index in [4.69, 9.17) is 18.9 Å². The maximum atomic E-state index is 12.0. The molecule has 1 heterocycles. The zero-order valence-electron chi connectivity index (χ0n) is 14.8. The second-order valence-electron chi connectivity index (χ2n) is 5.71. The van der Waals surface area contributed by atoms with Crippen molar-refractivity contribution in [3.63, 3.8) is 0 Å². The fourth-order valence-corrected chi connectivity index (χ4v) is 2.58. The number of methoxy groups -OCH3 is 2. The van der Waals surface area contributed by atoms with Gasteiger partial charge in [-0.05, 0) is 47.9 Å². The highest BCUT2D eigenvalue weighted by Gasteiger charge is 2.12. The van der Waals surface area contributed by atoms with Crippen LogP contribution in [0.5, 0.6) is 23.0 Å². The van der Waals surface area contributed by atoms with Gasteiger partial charge in [0.05, 0.1) is 14.2 Å². The first-order valence-corrected chi connectivity index (χ1v) is 8.25. The minimum Gasteiger partial charge on any atom is -0.497 e. The third-order valence-corrected chi connectivity index (χ3v) is 3.95. The van der Waals surface area contributed by atoms with E-state index in [1.54, 1.807) is 26.4 Å². The summed E-state index contributed by atoms with van der Waals surface area (Å²) in [4.78, 5) is 12.0. The van der Waals surface area contributed by atoms with Gasteiger partial charge in [0.1, 0.15) is 11.5 Å². The highest BCUT2D eigenvalue weighted by atomic mass is 16.7. The molecule has 0 saturated heterocycles. The number of hydrogen-bond acceptors (Lipinski definition) is 5. The van der Waals surface area contributed by atoms with Crippen LogP contribution in [0.25, 0.3) is 6.08 Å². The Morgan fingerprint density at radius 2 is 1.81 bits per heavy atom. The Morgan fingerprint density at radius 3 is 2.54 bits per heavy atom. The molecule has 0 aromatic heterocycles. The maximum Gasteiger partial charge on any atom is 0.244 e. The summed E-state index contributed by atoms with van der Waals surface area (Å²) in [6.45, 7) is 0.791. The Morgan fingerprint density at radius 1 is 1.08 bits per heavy atom. The molecule has 136 valence electrons. The molecule has 26 heavy (non-hydrogen) atoms. The molecule has 0 radical (unpaired) electrons. The number of benzene rings is 2. The van der Waals surface area contributed by atoms with Gasteiger partial charge in [0.25, 0.3) is 0 Å². The van der Waals surface area contributed by atoms with Crippen molar-refractivity contribution >= 4 is 12.0 Å². The first kappa shape index (κ1) is 17.7. The molecule has 1 amide bonds. The zero-order valence-corrected chi connectivity index (χ0v) is 14.8. The van der Waals surface area contributed by atoms with Crippen LogP contribution in [0.3, 0.4) is 0 Å². The lowest BCUT2D eigenvalue weighted by Crippen LogP contribution is -2.23. The minimum absolute atomic E-state index is 0.160. The summed E-state index contributed by atoms with van der Waals surface area (Å²) in [5.41, 5.74) is 1.91. The van der Waals surface area contributed by atoms with Crippen molar-refractivity contribution in [2.45, 2.75) is 6.42 Å².